The number of aromatic amines is 1. The Kier molecular flexibility index (Phi) is 10.8. The Morgan fingerprint density at radius 3 is 2.57 bits per heavy atom. The maximum atomic E-state index is 14.3. The highest BCUT2D eigenvalue weighted by Gasteiger charge is 2.35. The van der Waals surface area contributed by atoms with Gasteiger partial charge in [0.15, 0.2) is 0 Å². The molecule has 10 heteroatoms. The molecule has 0 saturated heterocycles. The van der Waals surface area contributed by atoms with Crippen LogP contribution < -0.4 is 5.32 Å². The molecule has 1 unspecified atom stereocenters. The van der Waals surface area contributed by atoms with Gasteiger partial charge in [-0.1, -0.05) is 33.9 Å². The summed E-state index contributed by atoms with van der Waals surface area (Å²) in [5, 5.41) is 2.72. The van der Waals surface area contributed by atoms with Gasteiger partial charge in [-0.3, -0.25) is 4.79 Å². The minimum absolute atomic E-state index is 0.137. The zero-order valence-corrected chi connectivity index (χ0v) is 22.8. The van der Waals surface area contributed by atoms with Crippen LogP contribution in [0.5, 0.6) is 0 Å². The molecule has 0 aliphatic carbocycles. The summed E-state index contributed by atoms with van der Waals surface area (Å²) in [7, 11) is -0.452. The number of nitrogens with one attached hydrogen (secondary N) is 2. The quantitative estimate of drug-likeness (QED) is 0.215. The number of alkyl carbamates (subject to hydrolysis) is 1. The number of H-pyrrole nitrogens is 1. The van der Waals surface area contributed by atoms with Crippen LogP contribution in [0.3, 0.4) is 0 Å². The Hall–Kier alpha value is -2.39. The second-order valence-corrected chi connectivity index (χ2v) is 13.0. The lowest BCUT2D eigenvalue weighted by Crippen LogP contribution is -2.43. The summed E-state index contributed by atoms with van der Waals surface area (Å²) in [6, 6.07) is 5.51. The molecule has 2 rings (SSSR count). The van der Waals surface area contributed by atoms with Crippen LogP contribution in [-0.4, -0.2) is 56.3 Å². The zero-order valence-electron chi connectivity index (χ0n) is 21.0. The fraction of sp³-hybridized carbons (Fsp3) is 0.520. The predicted octanol–water partition coefficient (Wildman–Crippen LogP) is 5.99. The first kappa shape index (κ1) is 28.8. The summed E-state index contributed by atoms with van der Waals surface area (Å²) in [6.07, 6.45) is 1.63. The molecular formula is C25H35ClF2N3O3Si. The van der Waals surface area contributed by atoms with E-state index in [1.165, 1.54) is 0 Å². The Labute approximate surface area is 213 Å². The van der Waals surface area contributed by atoms with Gasteiger partial charge in [-0.05, 0) is 42.1 Å². The number of hydrogen-bond donors (Lipinski definition) is 2. The first-order valence-corrected chi connectivity index (χ1v) is 14.9. The molecular weight excluding hydrogens is 492 g/mol. The van der Waals surface area contributed by atoms with Crippen LogP contribution in [0.1, 0.15) is 38.9 Å². The van der Waals surface area contributed by atoms with Crippen molar-refractivity contribution in [1.29, 1.82) is 0 Å². The van der Waals surface area contributed by atoms with Crippen molar-refractivity contribution < 1.29 is 23.1 Å². The van der Waals surface area contributed by atoms with Crippen molar-refractivity contribution >= 4 is 32.4 Å². The fourth-order valence-corrected chi connectivity index (χ4v) is 4.52. The lowest BCUT2D eigenvalue weighted by Gasteiger charge is -2.39. The predicted molar refractivity (Wildman–Crippen MR) is 137 cm³/mol. The van der Waals surface area contributed by atoms with E-state index < -0.39 is 38.0 Å². The summed E-state index contributed by atoms with van der Waals surface area (Å²) in [5.74, 6) is -1.53. The van der Waals surface area contributed by atoms with Crippen LogP contribution in [0.4, 0.5) is 13.6 Å². The minimum atomic E-state index is -0.536. The van der Waals surface area contributed by atoms with Gasteiger partial charge in [-0.2, -0.15) is 0 Å². The SMILES string of the molecule is C[Si](C)CCOC(=O)NCCCN(C(=O)CCl)C(c1cc(-c2cc(F)ccc2F)c[nH]1)C(C)(C)C. The van der Waals surface area contributed by atoms with Crippen LogP contribution >= 0.6 is 11.6 Å². The number of rotatable bonds is 11. The molecule has 6 nitrogen and oxygen atoms in total. The maximum absolute atomic E-state index is 14.3. The van der Waals surface area contributed by atoms with E-state index in [2.05, 4.69) is 23.4 Å². The molecule has 0 aliphatic heterocycles. The average Bonchev–Trinajstić information content (AvgIpc) is 3.24. The third kappa shape index (κ3) is 8.65. The monoisotopic (exact) mass is 526 g/mol. The topological polar surface area (TPSA) is 74.4 Å². The normalized spacial score (nSPS) is 12.5. The standard InChI is InChI=1S/C25H35ClF2N3O3Si/c1-25(2,3)23(21-13-17(16-30-21)19-14-18(27)7-8-20(19)28)31(22(32)15-26)10-6-9-29-24(33)34-11-12-35(4)5/h7-8,13-14,16,23,30H,6,9-12,15H2,1-5H3,(H,29,33). The van der Waals surface area contributed by atoms with E-state index in [0.29, 0.717) is 37.4 Å². The van der Waals surface area contributed by atoms with Crippen molar-refractivity contribution in [1.82, 2.24) is 15.2 Å². The summed E-state index contributed by atoms with van der Waals surface area (Å²) >= 11 is 5.93. The lowest BCUT2D eigenvalue weighted by atomic mass is 9.83. The molecule has 0 fully saturated rings. The lowest BCUT2D eigenvalue weighted by molar-refractivity contribution is -0.133. The van der Waals surface area contributed by atoms with Gasteiger partial charge in [0.25, 0.3) is 0 Å². The van der Waals surface area contributed by atoms with Crippen molar-refractivity contribution in [3.8, 4) is 11.1 Å². The van der Waals surface area contributed by atoms with E-state index in [-0.39, 0.29) is 17.4 Å². The van der Waals surface area contributed by atoms with Crippen LogP contribution in [0.25, 0.3) is 11.1 Å². The third-order valence-corrected chi connectivity index (χ3v) is 6.92. The van der Waals surface area contributed by atoms with Crippen LogP contribution in [0.15, 0.2) is 30.5 Å². The van der Waals surface area contributed by atoms with Gasteiger partial charge in [-0.15, -0.1) is 11.6 Å². The molecule has 1 atom stereocenters. The van der Waals surface area contributed by atoms with E-state index in [1.807, 2.05) is 20.8 Å². The maximum Gasteiger partial charge on any atom is 0.407 e. The van der Waals surface area contributed by atoms with Crippen molar-refractivity contribution in [3.05, 3.63) is 47.8 Å². The van der Waals surface area contributed by atoms with Crippen molar-refractivity contribution in [3.63, 3.8) is 0 Å². The number of carbonyl (C=O) groups is 2. The van der Waals surface area contributed by atoms with Crippen molar-refractivity contribution in [2.45, 2.75) is 52.4 Å². The summed E-state index contributed by atoms with van der Waals surface area (Å²) in [5.41, 5.74) is 0.893. The molecule has 193 valence electrons. The number of nitrogens with zero attached hydrogens (tertiary/aromatic N) is 1. The summed E-state index contributed by atoms with van der Waals surface area (Å²) < 4.78 is 33.2. The Bertz CT molecular complexity index is 995. The van der Waals surface area contributed by atoms with Gasteiger partial charge in [0.2, 0.25) is 5.91 Å². The van der Waals surface area contributed by atoms with E-state index in [1.54, 1.807) is 17.2 Å². The van der Waals surface area contributed by atoms with Gasteiger partial charge < -0.3 is 19.9 Å². The van der Waals surface area contributed by atoms with E-state index >= 15 is 0 Å². The number of hydrogen-bond acceptors (Lipinski definition) is 3. The molecule has 0 spiro atoms. The number of alkyl halides is 1. The van der Waals surface area contributed by atoms with Gasteiger partial charge >= 0.3 is 6.09 Å². The van der Waals surface area contributed by atoms with Crippen LogP contribution in [-0.2, 0) is 9.53 Å². The van der Waals surface area contributed by atoms with E-state index in [0.717, 1.165) is 24.2 Å². The zero-order chi connectivity index (χ0) is 26.2. The second-order valence-electron chi connectivity index (χ2n) is 9.83. The van der Waals surface area contributed by atoms with E-state index in [4.69, 9.17) is 16.3 Å². The highest BCUT2D eigenvalue weighted by molar-refractivity contribution is 6.55. The highest BCUT2D eigenvalue weighted by Crippen LogP contribution is 2.39. The molecule has 0 aliphatic rings. The summed E-state index contributed by atoms with van der Waals surface area (Å²) in [4.78, 5) is 29.5. The Morgan fingerprint density at radius 2 is 1.94 bits per heavy atom. The molecule has 1 radical (unpaired) electrons. The number of ether oxygens (including phenoxy) is 1. The second kappa shape index (κ2) is 13.1. The number of benzene rings is 1. The smallest absolute Gasteiger partial charge is 0.407 e. The van der Waals surface area contributed by atoms with Gasteiger partial charge in [0.1, 0.15) is 17.5 Å². The minimum Gasteiger partial charge on any atom is -0.450 e. The number of carbonyl (C=O) groups excluding carboxylic acids is 2. The van der Waals surface area contributed by atoms with Crippen molar-refractivity contribution in [2.75, 3.05) is 25.6 Å². The molecule has 0 bridgehead atoms. The molecule has 2 amide bonds. The first-order chi connectivity index (χ1) is 16.4. The Morgan fingerprint density at radius 1 is 1.23 bits per heavy atom. The molecule has 1 aromatic heterocycles. The molecule has 1 aromatic carbocycles. The van der Waals surface area contributed by atoms with Crippen LogP contribution in [0.2, 0.25) is 19.1 Å². The third-order valence-electron chi connectivity index (χ3n) is 5.49. The number of aromatic nitrogens is 1. The number of amides is 2. The fourth-order valence-electron chi connectivity index (χ4n) is 3.86. The molecule has 1 heterocycles. The van der Waals surface area contributed by atoms with Gasteiger partial charge in [0, 0.05) is 44.9 Å². The Balaban J connectivity index is 2.16. The van der Waals surface area contributed by atoms with Gasteiger partial charge in [-0.25, -0.2) is 13.6 Å². The van der Waals surface area contributed by atoms with E-state index in [9.17, 15) is 18.4 Å². The van der Waals surface area contributed by atoms with Crippen LogP contribution in [0, 0.1) is 17.0 Å². The number of halogens is 3. The highest BCUT2D eigenvalue weighted by atomic mass is 35.5. The summed E-state index contributed by atoms with van der Waals surface area (Å²) in [6.45, 7) is 11.4. The average molecular weight is 527 g/mol. The van der Waals surface area contributed by atoms with Gasteiger partial charge in [0.05, 0.1) is 12.6 Å². The molecule has 35 heavy (non-hydrogen) atoms. The van der Waals surface area contributed by atoms with Crippen molar-refractivity contribution in [2.24, 2.45) is 5.41 Å². The molecule has 0 saturated carbocycles. The molecule has 2 aromatic rings. The molecule has 2 N–H and O–H groups in total. The first-order valence-electron chi connectivity index (χ1n) is 11.6. The largest absolute Gasteiger partial charge is 0.450 e.